The Hall–Kier alpha value is -4.92. The van der Waals surface area contributed by atoms with Crippen molar-refractivity contribution >= 4 is 11.4 Å². The van der Waals surface area contributed by atoms with Gasteiger partial charge in [-0.3, -0.25) is 0 Å². The SMILES string of the molecule is CC1(C)c2ccccc2-c2ccc(-c3ccc(-c4ccccc4)cc3)c(Nc3cccc(C[C@@H](N)c4ccccc4)c3)c21. The van der Waals surface area contributed by atoms with Crippen LogP contribution in [0.1, 0.15) is 42.1 Å². The molecule has 0 saturated heterocycles. The van der Waals surface area contributed by atoms with E-state index in [0.717, 1.165) is 23.4 Å². The fourth-order valence-electron chi connectivity index (χ4n) is 6.71. The fourth-order valence-corrected chi connectivity index (χ4v) is 6.71. The molecule has 0 unspecified atom stereocenters. The van der Waals surface area contributed by atoms with Crippen molar-refractivity contribution in [2.45, 2.75) is 31.7 Å². The van der Waals surface area contributed by atoms with E-state index < -0.39 is 0 Å². The largest absolute Gasteiger partial charge is 0.355 e. The Kier molecular flexibility index (Phi) is 6.93. The summed E-state index contributed by atoms with van der Waals surface area (Å²) in [5, 5.41) is 3.92. The normalized spacial score (nSPS) is 13.7. The van der Waals surface area contributed by atoms with Crippen LogP contribution in [0.15, 0.2) is 146 Å². The molecule has 6 aromatic rings. The minimum absolute atomic E-state index is 0.0513. The van der Waals surface area contributed by atoms with Crippen molar-refractivity contribution in [1.82, 2.24) is 0 Å². The summed E-state index contributed by atoms with van der Waals surface area (Å²) in [5.74, 6) is 0. The van der Waals surface area contributed by atoms with Gasteiger partial charge in [0.05, 0.1) is 5.69 Å². The van der Waals surface area contributed by atoms with Crippen LogP contribution in [-0.2, 0) is 11.8 Å². The lowest BCUT2D eigenvalue weighted by Gasteiger charge is -2.27. The number of hydrogen-bond donors (Lipinski definition) is 2. The smallest absolute Gasteiger partial charge is 0.0511 e. The third-order valence-corrected chi connectivity index (χ3v) is 8.90. The molecule has 43 heavy (non-hydrogen) atoms. The highest BCUT2D eigenvalue weighted by Gasteiger charge is 2.38. The first-order valence-corrected chi connectivity index (χ1v) is 15.1. The van der Waals surface area contributed by atoms with E-state index in [0.29, 0.717) is 0 Å². The van der Waals surface area contributed by atoms with Gasteiger partial charge in [-0.15, -0.1) is 0 Å². The van der Waals surface area contributed by atoms with E-state index in [-0.39, 0.29) is 11.5 Å². The quantitative estimate of drug-likeness (QED) is 0.205. The van der Waals surface area contributed by atoms with E-state index in [1.165, 1.54) is 50.1 Å². The first kappa shape index (κ1) is 26.9. The molecule has 7 rings (SSSR count). The Bertz CT molecular complexity index is 1890. The summed E-state index contributed by atoms with van der Waals surface area (Å²) in [6.45, 7) is 4.70. The monoisotopic (exact) mass is 556 g/mol. The van der Waals surface area contributed by atoms with Gasteiger partial charge in [0, 0.05) is 22.7 Å². The summed E-state index contributed by atoms with van der Waals surface area (Å²) in [7, 11) is 0. The molecule has 0 amide bonds. The Balaban J connectivity index is 1.31. The lowest BCUT2D eigenvalue weighted by atomic mass is 9.80. The zero-order chi connectivity index (χ0) is 29.4. The van der Waals surface area contributed by atoms with Crippen LogP contribution < -0.4 is 11.1 Å². The number of nitrogens with one attached hydrogen (secondary N) is 1. The van der Waals surface area contributed by atoms with Gasteiger partial charge in [-0.25, -0.2) is 0 Å². The zero-order valence-electron chi connectivity index (χ0n) is 24.7. The number of nitrogens with two attached hydrogens (primary N) is 1. The van der Waals surface area contributed by atoms with Crippen LogP contribution in [-0.4, -0.2) is 0 Å². The van der Waals surface area contributed by atoms with Crippen molar-refractivity contribution in [2.75, 3.05) is 5.32 Å². The molecule has 1 atom stereocenters. The standard InChI is InChI=1S/C41H36N2/c1-41(2)37-19-10-9-18-35(37)36-25-24-34(31-22-20-30(21-23-31)29-13-5-3-6-14-29)40(39(36)41)43-33-17-11-12-28(26-33)27-38(42)32-15-7-4-8-16-32/h3-26,38,43H,27,42H2,1-2H3/t38-/m1/s1. The Morgan fingerprint density at radius 1 is 0.581 bits per heavy atom. The summed E-state index contributed by atoms with van der Waals surface area (Å²) >= 11 is 0. The van der Waals surface area contributed by atoms with Crippen molar-refractivity contribution in [1.29, 1.82) is 0 Å². The molecule has 1 aliphatic rings. The van der Waals surface area contributed by atoms with Crippen molar-refractivity contribution in [3.05, 3.63) is 168 Å². The van der Waals surface area contributed by atoms with E-state index in [9.17, 15) is 0 Å². The average Bonchev–Trinajstić information content (AvgIpc) is 3.29. The van der Waals surface area contributed by atoms with Gasteiger partial charge in [0.1, 0.15) is 0 Å². The molecule has 0 spiro atoms. The maximum Gasteiger partial charge on any atom is 0.0511 e. The average molecular weight is 557 g/mol. The van der Waals surface area contributed by atoms with Gasteiger partial charge in [0.2, 0.25) is 0 Å². The third kappa shape index (κ3) is 5.05. The maximum absolute atomic E-state index is 6.62. The van der Waals surface area contributed by atoms with Crippen molar-refractivity contribution < 1.29 is 0 Å². The molecule has 2 heteroatoms. The topological polar surface area (TPSA) is 38.0 Å². The molecule has 0 radical (unpaired) electrons. The Morgan fingerprint density at radius 2 is 1.21 bits per heavy atom. The highest BCUT2D eigenvalue weighted by molar-refractivity contribution is 5.94. The Labute approximate surface area is 254 Å². The van der Waals surface area contributed by atoms with Gasteiger partial charge in [0.15, 0.2) is 0 Å². The van der Waals surface area contributed by atoms with Crippen LogP contribution in [0.5, 0.6) is 0 Å². The van der Waals surface area contributed by atoms with Crippen molar-refractivity contribution in [3.8, 4) is 33.4 Å². The predicted molar refractivity (Wildman–Crippen MR) is 182 cm³/mol. The molecule has 0 heterocycles. The third-order valence-electron chi connectivity index (χ3n) is 8.90. The molecule has 1 aliphatic carbocycles. The maximum atomic E-state index is 6.62. The minimum atomic E-state index is -0.151. The van der Waals surface area contributed by atoms with Gasteiger partial charge < -0.3 is 11.1 Å². The van der Waals surface area contributed by atoms with Gasteiger partial charge in [-0.1, -0.05) is 147 Å². The van der Waals surface area contributed by atoms with Gasteiger partial charge in [-0.2, -0.15) is 0 Å². The van der Waals surface area contributed by atoms with Crippen LogP contribution in [0.25, 0.3) is 33.4 Å². The first-order valence-electron chi connectivity index (χ1n) is 15.1. The molecular formula is C41H36N2. The van der Waals surface area contributed by atoms with E-state index in [1.807, 2.05) is 6.07 Å². The first-order chi connectivity index (χ1) is 21.0. The van der Waals surface area contributed by atoms with Gasteiger partial charge >= 0.3 is 0 Å². The summed E-state index contributed by atoms with van der Waals surface area (Å²) in [5.41, 5.74) is 21.2. The van der Waals surface area contributed by atoms with Crippen LogP contribution in [0.3, 0.4) is 0 Å². The second-order valence-electron chi connectivity index (χ2n) is 12.1. The molecule has 6 aromatic carbocycles. The molecule has 0 aliphatic heterocycles. The number of anilines is 2. The van der Waals surface area contributed by atoms with Gasteiger partial charge in [0.25, 0.3) is 0 Å². The second-order valence-corrected chi connectivity index (χ2v) is 12.1. The number of hydrogen-bond acceptors (Lipinski definition) is 2. The lowest BCUT2D eigenvalue weighted by molar-refractivity contribution is 0.662. The van der Waals surface area contributed by atoms with E-state index in [2.05, 4.69) is 159 Å². The van der Waals surface area contributed by atoms with Crippen molar-refractivity contribution in [3.63, 3.8) is 0 Å². The molecule has 3 N–H and O–H groups in total. The highest BCUT2D eigenvalue weighted by atomic mass is 14.9. The molecule has 2 nitrogen and oxygen atoms in total. The molecule has 0 aromatic heterocycles. The summed E-state index contributed by atoms with van der Waals surface area (Å²) in [4.78, 5) is 0. The molecule has 0 fully saturated rings. The molecule has 210 valence electrons. The zero-order valence-corrected chi connectivity index (χ0v) is 24.7. The van der Waals surface area contributed by atoms with Crippen LogP contribution in [0, 0.1) is 0 Å². The molecule has 0 bridgehead atoms. The molecule has 0 saturated carbocycles. The van der Waals surface area contributed by atoms with Crippen LogP contribution >= 0.6 is 0 Å². The van der Waals surface area contributed by atoms with Crippen LogP contribution in [0.2, 0.25) is 0 Å². The summed E-state index contributed by atoms with van der Waals surface area (Å²) in [6.07, 6.45) is 0.775. The minimum Gasteiger partial charge on any atom is -0.355 e. The lowest BCUT2D eigenvalue weighted by Crippen LogP contribution is -2.17. The van der Waals surface area contributed by atoms with Crippen molar-refractivity contribution in [2.24, 2.45) is 5.73 Å². The van der Waals surface area contributed by atoms with E-state index >= 15 is 0 Å². The Morgan fingerprint density at radius 3 is 1.98 bits per heavy atom. The summed E-state index contributed by atoms with van der Waals surface area (Å²) < 4.78 is 0. The molecular weight excluding hydrogens is 520 g/mol. The number of rotatable bonds is 7. The number of benzene rings is 6. The fraction of sp³-hybridized carbons (Fsp3) is 0.122. The highest BCUT2D eigenvalue weighted by Crippen LogP contribution is 2.54. The summed E-state index contributed by atoms with van der Waals surface area (Å²) in [6, 6.07) is 52.0. The number of fused-ring (bicyclic) bond motifs is 3. The van der Waals surface area contributed by atoms with Crippen LogP contribution in [0.4, 0.5) is 11.4 Å². The second kappa shape index (κ2) is 11.1. The van der Waals surface area contributed by atoms with E-state index in [1.54, 1.807) is 0 Å². The van der Waals surface area contributed by atoms with E-state index in [4.69, 9.17) is 5.73 Å². The predicted octanol–water partition coefficient (Wildman–Crippen LogP) is 10.3. The van der Waals surface area contributed by atoms with Gasteiger partial charge in [-0.05, 0) is 68.6 Å².